The van der Waals surface area contributed by atoms with Crippen molar-refractivity contribution in [2.45, 2.75) is 18.5 Å². The average molecular weight is 346 g/mol. The standard InChI is InChI=1S/C14H18N8OS/c1-2-7-24-14-19-11(23)10(21-22-14)8-5-3-4-6-9(8)18-13(17)20-12(15)16/h3-6H,2,7H2,1H3,(H,19,22,23)(H6,15,16,17,18,20). The summed E-state index contributed by atoms with van der Waals surface area (Å²) in [7, 11) is 0. The molecule has 1 aromatic carbocycles. The van der Waals surface area contributed by atoms with Crippen LogP contribution in [0.2, 0.25) is 0 Å². The molecule has 0 saturated heterocycles. The molecular formula is C14H18N8OS. The lowest BCUT2D eigenvalue weighted by molar-refractivity contribution is 0.823. The van der Waals surface area contributed by atoms with Gasteiger partial charge in [0.1, 0.15) is 0 Å². The third-order valence-electron chi connectivity index (χ3n) is 2.76. The highest BCUT2D eigenvalue weighted by Gasteiger charge is 2.12. The second kappa shape index (κ2) is 8.11. The predicted molar refractivity (Wildman–Crippen MR) is 96.2 cm³/mol. The number of hydrogen-bond donors (Lipinski definition) is 4. The number of benzene rings is 1. The van der Waals surface area contributed by atoms with Crippen molar-refractivity contribution in [1.29, 1.82) is 0 Å². The molecule has 9 nitrogen and oxygen atoms in total. The van der Waals surface area contributed by atoms with E-state index < -0.39 is 0 Å². The maximum Gasteiger partial charge on any atom is 0.278 e. The van der Waals surface area contributed by atoms with Gasteiger partial charge in [0.05, 0.1) is 5.69 Å². The number of thioether (sulfide) groups is 1. The molecule has 1 aromatic heterocycles. The molecule has 0 atom stereocenters. The predicted octanol–water partition coefficient (Wildman–Crippen LogP) is 0.554. The summed E-state index contributed by atoms with van der Waals surface area (Å²) in [6.45, 7) is 2.04. The Hall–Kier alpha value is -2.88. The zero-order chi connectivity index (χ0) is 17.5. The van der Waals surface area contributed by atoms with Crippen LogP contribution in [0.4, 0.5) is 5.69 Å². The molecule has 0 aliphatic carbocycles. The normalized spacial score (nSPS) is 11.3. The quantitative estimate of drug-likeness (QED) is 0.349. The van der Waals surface area contributed by atoms with E-state index in [0.717, 1.165) is 12.2 Å². The minimum Gasteiger partial charge on any atom is -0.370 e. The zero-order valence-electron chi connectivity index (χ0n) is 13.1. The van der Waals surface area contributed by atoms with Gasteiger partial charge in [0, 0.05) is 11.3 Å². The summed E-state index contributed by atoms with van der Waals surface area (Å²) in [6, 6.07) is 6.87. The number of rotatable bonds is 5. The minimum absolute atomic E-state index is 0.123. The Morgan fingerprint density at radius 2 is 2.00 bits per heavy atom. The number of aliphatic imine (C=N–C) groups is 2. The van der Waals surface area contributed by atoms with Crippen molar-refractivity contribution in [2.24, 2.45) is 27.2 Å². The monoisotopic (exact) mass is 346 g/mol. The van der Waals surface area contributed by atoms with E-state index in [2.05, 4.69) is 25.2 Å². The van der Waals surface area contributed by atoms with Gasteiger partial charge < -0.3 is 17.2 Å². The van der Waals surface area contributed by atoms with Gasteiger partial charge in [0.15, 0.2) is 16.8 Å². The molecule has 24 heavy (non-hydrogen) atoms. The number of aromatic nitrogens is 3. The van der Waals surface area contributed by atoms with Gasteiger partial charge in [-0.15, -0.1) is 10.2 Å². The molecule has 2 rings (SSSR count). The van der Waals surface area contributed by atoms with E-state index in [4.69, 9.17) is 17.2 Å². The van der Waals surface area contributed by atoms with Crippen LogP contribution in [0.3, 0.4) is 0 Å². The van der Waals surface area contributed by atoms with Crippen molar-refractivity contribution >= 4 is 29.4 Å². The second-order valence-electron chi connectivity index (χ2n) is 4.68. The molecule has 0 bridgehead atoms. The van der Waals surface area contributed by atoms with Crippen molar-refractivity contribution < 1.29 is 0 Å². The van der Waals surface area contributed by atoms with Crippen LogP contribution in [-0.4, -0.2) is 32.9 Å². The number of para-hydroxylation sites is 1. The molecule has 10 heteroatoms. The molecule has 0 aliphatic rings. The van der Waals surface area contributed by atoms with Gasteiger partial charge in [0.2, 0.25) is 5.96 Å². The topological polar surface area (TPSA) is 161 Å². The van der Waals surface area contributed by atoms with Crippen molar-refractivity contribution in [2.75, 3.05) is 5.75 Å². The van der Waals surface area contributed by atoms with Crippen molar-refractivity contribution in [3.05, 3.63) is 34.6 Å². The van der Waals surface area contributed by atoms with Crippen LogP contribution in [0.1, 0.15) is 13.3 Å². The first kappa shape index (κ1) is 17.5. The summed E-state index contributed by atoms with van der Waals surface area (Å²) in [6.07, 6.45) is 0.970. The van der Waals surface area contributed by atoms with Crippen molar-refractivity contribution in [3.8, 4) is 11.3 Å². The third-order valence-corrected chi connectivity index (χ3v) is 3.83. The lowest BCUT2D eigenvalue weighted by atomic mass is 10.1. The first-order valence-electron chi connectivity index (χ1n) is 7.14. The fraction of sp³-hybridized carbons (Fsp3) is 0.214. The van der Waals surface area contributed by atoms with Gasteiger partial charge >= 0.3 is 0 Å². The van der Waals surface area contributed by atoms with Gasteiger partial charge in [-0.3, -0.25) is 9.78 Å². The van der Waals surface area contributed by atoms with Gasteiger partial charge in [-0.25, -0.2) is 4.99 Å². The van der Waals surface area contributed by atoms with Gasteiger partial charge in [-0.1, -0.05) is 36.9 Å². The van der Waals surface area contributed by atoms with E-state index in [0.29, 0.717) is 16.4 Å². The molecule has 0 aliphatic heterocycles. The third kappa shape index (κ3) is 4.56. The van der Waals surface area contributed by atoms with Crippen LogP contribution in [0, 0.1) is 0 Å². The van der Waals surface area contributed by atoms with Gasteiger partial charge in [-0.05, 0) is 12.5 Å². The molecule has 1 heterocycles. The number of nitrogens with one attached hydrogen (secondary N) is 1. The first-order valence-corrected chi connectivity index (χ1v) is 8.12. The average Bonchev–Trinajstić information content (AvgIpc) is 2.53. The Kier molecular flexibility index (Phi) is 5.90. The number of nitrogens with two attached hydrogens (primary N) is 3. The SMILES string of the molecule is CCCSc1nnc(-c2ccccc2N=C(N)N=C(N)N)c(=O)[nH]1. The number of hydrogen-bond acceptors (Lipinski definition) is 5. The molecule has 0 fully saturated rings. The molecule has 2 aromatic rings. The van der Waals surface area contributed by atoms with Crippen molar-refractivity contribution in [1.82, 2.24) is 15.2 Å². The smallest absolute Gasteiger partial charge is 0.278 e. The van der Waals surface area contributed by atoms with Crippen LogP contribution in [0.25, 0.3) is 11.3 Å². The van der Waals surface area contributed by atoms with Crippen LogP contribution in [0.15, 0.2) is 44.2 Å². The van der Waals surface area contributed by atoms with E-state index in [9.17, 15) is 4.79 Å². The Bertz CT molecular complexity index is 826. The number of guanidine groups is 2. The molecule has 0 saturated carbocycles. The molecule has 0 unspecified atom stereocenters. The van der Waals surface area contributed by atoms with Crippen LogP contribution in [-0.2, 0) is 0 Å². The summed E-state index contributed by atoms with van der Waals surface area (Å²) < 4.78 is 0. The summed E-state index contributed by atoms with van der Waals surface area (Å²) in [4.78, 5) is 22.8. The number of aromatic amines is 1. The van der Waals surface area contributed by atoms with E-state index in [1.165, 1.54) is 11.8 Å². The van der Waals surface area contributed by atoms with E-state index in [1.54, 1.807) is 24.3 Å². The Labute approximate surface area is 142 Å². The second-order valence-corrected chi connectivity index (χ2v) is 5.76. The van der Waals surface area contributed by atoms with Gasteiger partial charge in [-0.2, -0.15) is 4.99 Å². The Morgan fingerprint density at radius 1 is 1.25 bits per heavy atom. The van der Waals surface area contributed by atoms with E-state index in [1.807, 2.05) is 6.92 Å². The number of H-pyrrole nitrogens is 1. The molecule has 7 N–H and O–H groups in total. The van der Waals surface area contributed by atoms with Crippen LogP contribution < -0.4 is 22.8 Å². The highest BCUT2D eigenvalue weighted by molar-refractivity contribution is 7.99. The minimum atomic E-state index is -0.355. The first-order chi connectivity index (χ1) is 11.5. The van der Waals surface area contributed by atoms with E-state index in [-0.39, 0.29) is 23.2 Å². The zero-order valence-corrected chi connectivity index (χ0v) is 13.9. The highest BCUT2D eigenvalue weighted by Crippen LogP contribution is 2.26. The summed E-state index contributed by atoms with van der Waals surface area (Å²) >= 11 is 1.44. The molecule has 0 radical (unpaired) electrons. The van der Waals surface area contributed by atoms with Crippen LogP contribution in [0.5, 0.6) is 0 Å². The maximum absolute atomic E-state index is 12.3. The lowest BCUT2D eigenvalue weighted by Crippen LogP contribution is -2.26. The summed E-state index contributed by atoms with van der Waals surface area (Å²) in [5, 5.41) is 8.53. The Balaban J connectivity index is 2.43. The van der Waals surface area contributed by atoms with Gasteiger partial charge in [0.25, 0.3) is 5.56 Å². The molecule has 0 spiro atoms. The van der Waals surface area contributed by atoms with Crippen molar-refractivity contribution in [3.63, 3.8) is 0 Å². The lowest BCUT2D eigenvalue weighted by Gasteiger charge is -2.05. The molecular weight excluding hydrogens is 328 g/mol. The molecule has 0 amide bonds. The van der Waals surface area contributed by atoms with Crippen LogP contribution >= 0.6 is 11.8 Å². The Morgan fingerprint density at radius 3 is 2.67 bits per heavy atom. The fourth-order valence-electron chi connectivity index (χ4n) is 1.81. The summed E-state index contributed by atoms with van der Waals surface area (Å²) in [5.74, 6) is 0.519. The molecule has 126 valence electrons. The highest BCUT2D eigenvalue weighted by atomic mass is 32.2. The largest absolute Gasteiger partial charge is 0.370 e. The number of nitrogens with zero attached hydrogens (tertiary/aromatic N) is 4. The fourth-order valence-corrected chi connectivity index (χ4v) is 2.47. The maximum atomic E-state index is 12.3. The summed E-state index contributed by atoms with van der Waals surface area (Å²) in [5.41, 5.74) is 16.9. The van der Waals surface area contributed by atoms with E-state index >= 15 is 0 Å².